The Morgan fingerprint density at radius 2 is 1.74 bits per heavy atom. The van der Waals surface area contributed by atoms with Gasteiger partial charge >= 0.3 is 0 Å². The Balaban J connectivity index is 1.60. The molecule has 27 heavy (non-hydrogen) atoms. The van der Waals surface area contributed by atoms with E-state index >= 15 is 0 Å². The van der Waals surface area contributed by atoms with Gasteiger partial charge in [0.05, 0.1) is 5.56 Å². The van der Waals surface area contributed by atoms with E-state index in [2.05, 4.69) is 46.8 Å². The number of Topliss-reactive ketones (excluding diaryl/α,β-unsaturated/α-hetero) is 1. The summed E-state index contributed by atoms with van der Waals surface area (Å²) in [4.78, 5) is 28.1. The van der Waals surface area contributed by atoms with Gasteiger partial charge in [-0.05, 0) is 43.7 Å². The smallest absolute Gasteiger partial charge is 0.257 e. The lowest BCUT2D eigenvalue weighted by Crippen LogP contribution is -2.13. The first kappa shape index (κ1) is 18.3. The summed E-state index contributed by atoms with van der Waals surface area (Å²) in [7, 11) is 0. The summed E-state index contributed by atoms with van der Waals surface area (Å²) in [5.41, 5.74) is 3.97. The molecule has 0 aliphatic heterocycles. The molecule has 3 aromatic rings. The van der Waals surface area contributed by atoms with E-state index in [-0.39, 0.29) is 11.7 Å². The van der Waals surface area contributed by atoms with Crippen molar-refractivity contribution in [1.82, 2.24) is 4.98 Å². The maximum Gasteiger partial charge on any atom is 0.257 e. The summed E-state index contributed by atoms with van der Waals surface area (Å²) in [6.07, 6.45) is 1.53. The highest BCUT2D eigenvalue weighted by Gasteiger charge is 2.08. The van der Waals surface area contributed by atoms with Crippen LogP contribution < -0.4 is 10.6 Å². The molecule has 1 amide bonds. The molecule has 136 valence electrons. The normalized spacial score (nSPS) is 10.3. The molecule has 0 aliphatic carbocycles. The summed E-state index contributed by atoms with van der Waals surface area (Å²) >= 11 is 0. The van der Waals surface area contributed by atoms with Crippen molar-refractivity contribution in [3.05, 3.63) is 89.1 Å². The summed E-state index contributed by atoms with van der Waals surface area (Å²) in [5, 5.41) is 6.02. The van der Waals surface area contributed by atoms with E-state index in [4.69, 9.17) is 0 Å². The minimum atomic E-state index is -0.270. The number of nitrogens with one attached hydrogen (secondary N) is 2. The van der Waals surface area contributed by atoms with Crippen molar-refractivity contribution >= 4 is 23.2 Å². The average Bonchev–Trinajstić information content (AvgIpc) is 2.68. The van der Waals surface area contributed by atoms with Gasteiger partial charge in [-0.2, -0.15) is 0 Å². The van der Waals surface area contributed by atoms with Crippen LogP contribution in [0.3, 0.4) is 0 Å². The second kappa shape index (κ2) is 8.27. The second-order valence-electron chi connectivity index (χ2n) is 6.36. The number of hydrogen-bond donors (Lipinski definition) is 2. The third-order valence-electron chi connectivity index (χ3n) is 4.15. The highest BCUT2D eigenvalue weighted by molar-refractivity contribution is 6.05. The summed E-state index contributed by atoms with van der Waals surface area (Å²) in [6.45, 7) is 4.21. The van der Waals surface area contributed by atoms with Crippen LogP contribution in [0.5, 0.6) is 0 Å². The zero-order chi connectivity index (χ0) is 19.2. The fourth-order valence-electron chi connectivity index (χ4n) is 2.55. The van der Waals surface area contributed by atoms with Crippen LogP contribution in [0.4, 0.5) is 11.5 Å². The number of amides is 1. The van der Waals surface area contributed by atoms with Crippen molar-refractivity contribution in [3.63, 3.8) is 0 Å². The number of benzene rings is 2. The number of anilines is 2. The predicted molar refractivity (Wildman–Crippen MR) is 107 cm³/mol. The number of pyridine rings is 1. The molecule has 5 heteroatoms. The molecule has 1 aromatic heterocycles. The van der Waals surface area contributed by atoms with Gasteiger partial charge in [-0.15, -0.1) is 0 Å². The van der Waals surface area contributed by atoms with Gasteiger partial charge in [0, 0.05) is 24.0 Å². The van der Waals surface area contributed by atoms with Crippen molar-refractivity contribution in [2.75, 3.05) is 10.6 Å². The standard InChI is InChI=1S/C22H21N3O2/c1-15-6-8-17(9-7-15)13-23-21-11-10-19(14-24-21)22(27)25-20-5-3-4-18(12-20)16(2)26/h3-12,14H,13H2,1-2H3,(H,23,24)(H,25,27). The molecular weight excluding hydrogens is 338 g/mol. The fraction of sp³-hybridized carbons (Fsp3) is 0.136. The van der Waals surface area contributed by atoms with Gasteiger partial charge < -0.3 is 10.6 Å². The van der Waals surface area contributed by atoms with Gasteiger partial charge in [-0.3, -0.25) is 9.59 Å². The molecule has 3 rings (SSSR count). The molecule has 0 saturated carbocycles. The van der Waals surface area contributed by atoms with E-state index in [0.717, 1.165) is 5.56 Å². The van der Waals surface area contributed by atoms with Crippen molar-refractivity contribution in [2.45, 2.75) is 20.4 Å². The number of aromatic nitrogens is 1. The zero-order valence-electron chi connectivity index (χ0n) is 15.3. The van der Waals surface area contributed by atoms with Crippen LogP contribution in [-0.2, 0) is 6.54 Å². The lowest BCUT2D eigenvalue weighted by Gasteiger charge is -2.08. The van der Waals surface area contributed by atoms with Crippen LogP contribution in [-0.4, -0.2) is 16.7 Å². The lowest BCUT2D eigenvalue weighted by atomic mass is 10.1. The molecule has 2 N–H and O–H groups in total. The van der Waals surface area contributed by atoms with E-state index in [0.29, 0.717) is 29.2 Å². The third-order valence-corrected chi connectivity index (χ3v) is 4.15. The summed E-state index contributed by atoms with van der Waals surface area (Å²) in [5.74, 6) is 0.385. The Bertz CT molecular complexity index is 948. The van der Waals surface area contributed by atoms with E-state index in [1.54, 1.807) is 36.4 Å². The van der Waals surface area contributed by atoms with Crippen LogP contribution in [0.2, 0.25) is 0 Å². The van der Waals surface area contributed by atoms with Gasteiger partial charge in [0.15, 0.2) is 5.78 Å². The number of carbonyl (C=O) groups excluding carboxylic acids is 2. The Labute approximate surface area is 158 Å². The van der Waals surface area contributed by atoms with E-state index in [9.17, 15) is 9.59 Å². The number of hydrogen-bond acceptors (Lipinski definition) is 4. The third kappa shape index (κ3) is 5.01. The number of carbonyl (C=O) groups is 2. The number of nitrogens with zero attached hydrogens (tertiary/aromatic N) is 1. The van der Waals surface area contributed by atoms with Crippen LogP contribution in [0.1, 0.15) is 38.8 Å². The number of aryl methyl sites for hydroxylation is 1. The fourth-order valence-corrected chi connectivity index (χ4v) is 2.55. The number of ketones is 1. The highest BCUT2D eigenvalue weighted by Crippen LogP contribution is 2.14. The van der Waals surface area contributed by atoms with E-state index in [1.807, 2.05) is 0 Å². The summed E-state index contributed by atoms with van der Waals surface area (Å²) in [6, 6.07) is 18.6. The Morgan fingerprint density at radius 3 is 2.41 bits per heavy atom. The largest absolute Gasteiger partial charge is 0.366 e. The van der Waals surface area contributed by atoms with Crippen LogP contribution in [0.15, 0.2) is 66.9 Å². The van der Waals surface area contributed by atoms with Crippen LogP contribution >= 0.6 is 0 Å². The molecule has 0 atom stereocenters. The van der Waals surface area contributed by atoms with Gasteiger partial charge in [0.25, 0.3) is 5.91 Å². The Kier molecular flexibility index (Phi) is 5.61. The highest BCUT2D eigenvalue weighted by atomic mass is 16.1. The molecule has 0 bridgehead atoms. The lowest BCUT2D eigenvalue weighted by molar-refractivity contribution is 0.101. The Hall–Kier alpha value is -3.47. The van der Waals surface area contributed by atoms with Crippen LogP contribution in [0, 0.1) is 6.92 Å². The quantitative estimate of drug-likeness (QED) is 0.638. The molecule has 0 spiro atoms. The van der Waals surface area contributed by atoms with Crippen molar-refractivity contribution in [1.29, 1.82) is 0 Å². The molecule has 0 radical (unpaired) electrons. The van der Waals surface area contributed by atoms with Gasteiger partial charge in [-0.1, -0.05) is 42.0 Å². The first-order chi connectivity index (χ1) is 13.0. The second-order valence-corrected chi connectivity index (χ2v) is 6.36. The summed E-state index contributed by atoms with van der Waals surface area (Å²) < 4.78 is 0. The molecule has 1 heterocycles. The molecule has 5 nitrogen and oxygen atoms in total. The molecular formula is C22H21N3O2. The molecule has 0 fully saturated rings. The van der Waals surface area contributed by atoms with Crippen molar-refractivity contribution in [2.24, 2.45) is 0 Å². The SMILES string of the molecule is CC(=O)c1cccc(NC(=O)c2ccc(NCc3ccc(C)cc3)nc2)c1. The molecule has 0 aliphatic rings. The van der Waals surface area contributed by atoms with Crippen molar-refractivity contribution < 1.29 is 9.59 Å². The van der Waals surface area contributed by atoms with Gasteiger partial charge in [-0.25, -0.2) is 4.98 Å². The molecule has 0 saturated heterocycles. The topological polar surface area (TPSA) is 71.1 Å². The maximum absolute atomic E-state index is 12.4. The monoisotopic (exact) mass is 359 g/mol. The Morgan fingerprint density at radius 1 is 0.963 bits per heavy atom. The van der Waals surface area contributed by atoms with E-state index in [1.165, 1.54) is 18.7 Å². The minimum Gasteiger partial charge on any atom is -0.366 e. The van der Waals surface area contributed by atoms with E-state index < -0.39 is 0 Å². The zero-order valence-corrected chi connectivity index (χ0v) is 15.3. The minimum absolute atomic E-state index is 0.0447. The van der Waals surface area contributed by atoms with Crippen LogP contribution in [0.25, 0.3) is 0 Å². The van der Waals surface area contributed by atoms with Gasteiger partial charge in [0.1, 0.15) is 5.82 Å². The van der Waals surface area contributed by atoms with Crippen molar-refractivity contribution in [3.8, 4) is 0 Å². The van der Waals surface area contributed by atoms with Gasteiger partial charge in [0.2, 0.25) is 0 Å². The predicted octanol–water partition coefficient (Wildman–Crippen LogP) is 4.46. The number of rotatable bonds is 6. The average molecular weight is 359 g/mol. The first-order valence-corrected chi connectivity index (χ1v) is 8.69. The molecule has 0 unspecified atom stereocenters. The maximum atomic E-state index is 12.4. The molecule has 2 aromatic carbocycles. The first-order valence-electron chi connectivity index (χ1n) is 8.69.